The monoisotopic (exact) mass is 486 g/mol. The Morgan fingerprint density at radius 2 is 1.94 bits per heavy atom. The van der Waals surface area contributed by atoms with E-state index in [-0.39, 0.29) is 18.3 Å². The summed E-state index contributed by atoms with van der Waals surface area (Å²) in [5, 5.41) is 14.7. The normalized spacial score (nSPS) is 10.9. The Balaban J connectivity index is 1.44. The van der Waals surface area contributed by atoms with Gasteiger partial charge in [0, 0.05) is 12.2 Å². The lowest BCUT2D eigenvalue weighted by Gasteiger charge is -2.13. The largest absolute Gasteiger partial charge is 0.485 e. The topological polar surface area (TPSA) is 69.0 Å². The zero-order chi connectivity index (χ0) is 24.8. The lowest BCUT2D eigenvalue weighted by Crippen LogP contribution is -2.17. The van der Waals surface area contributed by atoms with Crippen molar-refractivity contribution in [1.82, 2.24) is 14.8 Å². The number of para-hydroxylation sites is 1. The lowest BCUT2D eigenvalue weighted by molar-refractivity contribution is -0.113. The average Bonchev–Trinajstić information content (AvgIpc) is 3.25. The third kappa shape index (κ3) is 5.57. The lowest BCUT2D eigenvalue weighted by atomic mass is 10.0. The van der Waals surface area contributed by atoms with Crippen molar-refractivity contribution in [2.24, 2.45) is 0 Å². The first-order chi connectivity index (χ1) is 17.0. The molecule has 0 atom stereocenters. The fourth-order valence-electron chi connectivity index (χ4n) is 4.06. The SMILES string of the molecule is C=CCn1c(COc2ccc3ccccc3c2C)nnc1SCC(=O)Nc1c(C)cccc1CC. The smallest absolute Gasteiger partial charge is 0.234 e. The molecule has 7 heteroatoms. The number of carbonyl (C=O) groups excluding carboxylic acids is 1. The van der Waals surface area contributed by atoms with Crippen LogP contribution in [-0.2, 0) is 24.4 Å². The number of rotatable bonds is 10. The summed E-state index contributed by atoms with van der Waals surface area (Å²) in [6.45, 7) is 10.8. The van der Waals surface area contributed by atoms with E-state index in [9.17, 15) is 4.79 Å². The van der Waals surface area contributed by atoms with Crippen LogP contribution in [0.25, 0.3) is 10.8 Å². The van der Waals surface area contributed by atoms with Crippen LogP contribution in [0.5, 0.6) is 5.75 Å². The van der Waals surface area contributed by atoms with Crippen molar-refractivity contribution in [1.29, 1.82) is 0 Å². The Morgan fingerprint density at radius 1 is 1.11 bits per heavy atom. The number of ether oxygens (including phenoxy) is 1. The molecule has 0 saturated carbocycles. The standard InChI is InChI=1S/C28H30N4O2S/c1-5-16-32-25(17-34-24-15-14-22-11-7-8-13-23(22)20(24)4)30-31-28(32)35-18-26(33)29-27-19(3)10-9-12-21(27)6-2/h5,7-15H,1,6,16-18H2,2-4H3,(H,29,33). The Morgan fingerprint density at radius 3 is 2.74 bits per heavy atom. The van der Waals surface area contributed by atoms with Crippen LogP contribution >= 0.6 is 11.8 Å². The van der Waals surface area contributed by atoms with E-state index in [1.165, 1.54) is 22.5 Å². The first kappa shape index (κ1) is 24.5. The van der Waals surface area contributed by atoms with Gasteiger partial charge in [-0.05, 0) is 53.8 Å². The summed E-state index contributed by atoms with van der Waals surface area (Å²) in [6, 6.07) is 18.4. The molecular weight excluding hydrogens is 456 g/mol. The number of aromatic nitrogens is 3. The molecule has 4 rings (SSSR count). The van der Waals surface area contributed by atoms with Crippen molar-refractivity contribution in [2.75, 3.05) is 11.1 Å². The molecule has 35 heavy (non-hydrogen) atoms. The summed E-state index contributed by atoms with van der Waals surface area (Å²) in [7, 11) is 0. The van der Waals surface area contributed by atoms with E-state index >= 15 is 0 Å². The Labute approximate surface area is 210 Å². The molecule has 1 heterocycles. The number of fused-ring (bicyclic) bond motifs is 1. The van der Waals surface area contributed by atoms with E-state index in [2.05, 4.69) is 54.1 Å². The van der Waals surface area contributed by atoms with Crippen LogP contribution in [-0.4, -0.2) is 26.4 Å². The van der Waals surface area contributed by atoms with Crippen LogP contribution in [0.3, 0.4) is 0 Å². The van der Waals surface area contributed by atoms with Gasteiger partial charge >= 0.3 is 0 Å². The van der Waals surface area contributed by atoms with Gasteiger partial charge in [0.2, 0.25) is 5.91 Å². The maximum atomic E-state index is 12.7. The van der Waals surface area contributed by atoms with E-state index in [4.69, 9.17) is 4.74 Å². The van der Waals surface area contributed by atoms with E-state index in [1.807, 2.05) is 47.9 Å². The molecule has 0 aliphatic carbocycles. The zero-order valence-electron chi connectivity index (χ0n) is 20.4. The molecule has 0 fully saturated rings. The number of hydrogen-bond acceptors (Lipinski definition) is 5. The minimum atomic E-state index is -0.0725. The van der Waals surface area contributed by atoms with Gasteiger partial charge in [-0.2, -0.15) is 0 Å². The second kappa shape index (κ2) is 11.2. The number of allylic oxidation sites excluding steroid dienone is 1. The molecule has 1 amide bonds. The van der Waals surface area contributed by atoms with Crippen molar-refractivity contribution in [3.8, 4) is 5.75 Å². The van der Waals surface area contributed by atoms with Gasteiger partial charge in [-0.15, -0.1) is 16.8 Å². The minimum Gasteiger partial charge on any atom is -0.485 e. The molecular formula is C28H30N4O2S. The van der Waals surface area contributed by atoms with Crippen LogP contribution in [0, 0.1) is 13.8 Å². The minimum absolute atomic E-state index is 0.0725. The molecule has 4 aromatic rings. The molecule has 0 aliphatic heterocycles. The van der Waals surface area contributed by atoms with E-state index in [0.29, 0.717) is 17.5 Å². The number of nitrogens with zero attached hydrogens (tertiary/aromatic N) is 3. The van der Waals surface area contributed by atoms with Crippen LogP contribution < -0.4 is 10.1 Å². The van der Waals surface area contributed by atoms with Crippen LogP contribution in [0.1, 0.15) is 29.4 Å². The number of aryl methyl sites for hydroxylation is 3. The first-order valence-electron chi connectivity index (χ1n) is 11.7. The maximum absolute atomic E-state index is 12.7. The zero-order valence-corrected chi connectivity index (χ0v) is 21.2. The number of hydrogen-bond donors (Lipinski definition) is 1. The van der Waals surface area contributed by atoms with Gasteiger partial charge in [-0.1, -0.05) is 73.3 Å². The highest BCUT2D eigenvalue weighted by molar-refractivity contribution is 7.99. The predicted molar refractivity (Wildman–Crippen MR) is 143 cm³/mol. The molecule has 1 N–H and O–H groups in total. The summed E-state index contributed by atoms with van der Waals surface area (Å²) < 4.78 is 8.07. The van der Waals surface area contributed by atoms with Gasteiger partial charge in [-0.25, -0.2) is 0 Å². The second-order valence-corrected chi connectivity index (χ2v) is 9.24. The average molecular weight is 487 g/mol. The molecule has 0 unspecified atom stereocenters. The van der Waals surface area contributed by atoms with E-state index in [1.54, 1.807) is 6.08 Å². The number of amides is 1. The maximum Gasteiger partial charge on any atom is 0.234 e. The summed E-state index contributed by atoms with van der Waals surface area (Å²) in [6.07, 6.45) is 2.65. The van der Waals surface area contributed by atoms with Crippen molar-refractivity contribution < 1.29 is 9.53 Å². The molecule has 0 radical (unpaired) electrons. The summed E-state index contributed by atoms with van der Waals surface area (Å²) in [5.41, 5.74) is 4.17. The van der Waals surface area contributed by atoms with Gasteiger partial charge in [-0.3, -0.25) is 9.36 Å². The van der Waals surface area contributed by atoms with Crippen molar-refractivity contribution in [3.63, 3.8) is 0 Å². The number of carbonyl (C=O) groups is 1. The number of anilines is 1. The van der Waals surface area contributed by atoms with Gasteiger partial charge in [0.25, 0.3) is 0 Å². The van der Waals surface area contributed by atoms with E-state index in [0.717, 1.165) is 34.5 Å². The molecule has 180 valence electrons. The van der Waals surface area contributed by atoms with Gasteiger partial charge in [0.1, 0.15) is 12.4 Å². The van der Waals surface area contributed by atoms with Crippen molar-refractivity contribution >= 4 is 34.1 Å². The Hall–Kier alpha value is -3.58. The number of benzene rings is 3. The summed E-state index contributed by atoms with van der Waals surface area (Å²) in [4.78, 5) is 12.7. The van der Waals surface area contributed by atoms with Crippen LogP contribution in [0.15, 0.2) is 72.4 Å². The fourth-order valence-corrected chi connectivity index (χ4v) is 4.82. The quantitative estimate of drug-likeness (QED) is 0.216. The third-order valence-corrected chi connectivity index (χ3v) is 6.91. The van der Waals surface area contributed by atoms with E-state index < -0.39 is 0 Å². The van der Waals surface area contributed by atoms with Crippen molar-refractivity contribution in [3.05, 3.63) is 89.8 Å². The van der Waals surface area contributed by atoms with Crippen molar-refractivity contribution in [2.45, 2.75) is 45.5 Å². The highest BCUT2D eigenvalue weighted by atomic mass is 32.2. The Kier molecular flexibility index (Phi) is 7.87. The molecule has 6 nitrogen and oxygen atoms in total. The highest BCUT2D eigenvalue weighted by Gasteiger charge is 2.16. The predicted octanol–water partition coefficient (Wildman–Crippen LogP) is 6.11. The molecule has 3 aromatic carbocycles. The molecule has 1 aromatic heterocycles. The fraction of sp³-hybridized carbons (Fsp3) is 0.250. The number of nitrogens with one attached hydrogen (secondary N) is 1. The molecule has 0 bridgehead atoms. The number of thioether (sulfide) groups is 1. The molecule has 0 aliphatic rings. The van der Waals surface area contributed by atoms with Crippen LogP contribution in [0.2, 0.25) is 0 Å². The summed E-state index contributed by atoms with van der Waals surface area (Å²) in [5.74, 6) is 1.66. The molecule has 0 saturated heterocycles. The third-order valence-electron chi connectivity index (χ3n) is 5.95. The highest BCUT2D eigenvalue weighted by Crippen LogP contribution is 2.28. The first-order valence-corrected chi connectivity index (χ1v) is 12.7. The van der Waals surface area contributed by atoms with Gasteiger partial charge in [0.05, 0.1) is 5.75 Å². The molecule has 0 spiro atoms. The van der Waals surface area contributed by atoms with Gasteiger partial charge in [0.15, 0.2) is 11.0 Å². The van der Waals surface area contributed by atoms with Gasteiger partial charge < -0.3 is 10.1 Å². The van der Waals surface area contributed by atoms with Crippen LogP contribution in [0.4, 0.5) is 5.69 Å². The second-order valence-electron chi connectivity index (χ2n) is 8.30. The summed E-state index contributed by atoms with van der Waals surface area (Å²) >= 11 is 1.36. The Bertz CT molecular complexity index is 1360.